The van der Waals surface area contributed by atoms with Crippen molar-refractivity contribution in [3.63, 3.8) is 0 Å². The van der Waals surface area contributed by atoms with Crippen LogP contribution in [0.3, 0.4) is 0 Å². The van der Waals surface area contributed by atoms with E-state index in [1.807, 2.05) is 31.2 Å². The second kappa shape index (κ2) is 6.04. The van der Waals surface area contributed by atoms with Crippen LogP contribution < -0.4 is 11.3 Å². The zero-order chi connectivity index (χ0) is 13.1. The van der Waals surface area contributed by atoms with Gasteiger partial charge in [0, 0.05) is 16.3 Å². The predicted octanol–water partition coefficient (Wildman–Crippen LogP) is 4.11. The van der Waals surface area contributed by atoms with E-state index < -0.39 is 0 Å². The molecule has 0 aliphatic carbocycles. The van der Waals surface area contributed by atoms with Crippen molar-refractivity contribution >= 4 is 34.5 Å². The number of nitrogens with two attached hydrogens (primary N) is 1. The summed E-state index contributed by atoms with van der Waals surface area (Å²) in [5.74, 6) is 5.64. The molecule has 18 heavy (non-hydrogen) atoms. The molecule has 1 atom stereocenters. The van der Waals surface area contributed by atoms with Gasteiger partial charge in [-0.05, 0) is 42.3 Å². The maximum atomic E-state index is 6.07. The van der Waals surface area contributed by atoms with Crippen LogP contribution in [0.4, 0.5) is 0 Å². The molecule has 1 aromatic carbocycles. The quantitative estimate of drug-likeness (QED) is 0.659. The molecule has 5 heteroatoms. The number of hydrazine groups is 1. The molecule has 0 saturated carbocycles. The largest absolute Gasteiger partial charge is 0.271 e. The molecule has 3 N–H and O–H groups in total. The maximum absolute atomic E-state index is 6.07. The highest BCUT2D eigenvalue weighted by Crippen LogP contribution is 2.27. The summed E-state index contributed by atoms with van der Waals surface area (Å²) in [7, 11) is 0. The summed E-state index contributed by atoms with van der Waals surface area (Å²) < 4.78 is 0.794. The predicted molar refractivity (Wildman–Crippen MR) is 79.3 cm³/mol. The number of rotatable bonds is 4. The Bertz CT molecular complexity index is 519. The molecule has 0 fully saturated rings. The summed E-state index contributed by atoms with van der Waals surface area (Å²) in [4.78, 5) is 1.19. The number of benzene rings is 1. The number of aryl methyl sites for hydroxylation is 1. The van der Waals surface area contributed by atoms with Gasteiger partial charge in [-0.25, -0.2) is 0 Å². The SMILES string of the molecule is Cc1cc(Cl)cc(C(Cc2ccc(Cl)s2)NN)c1. The number of halogens is 2. The van der Waals surface area contributed by atoms with E-state index >= 15 is 0 Å². The third kappa shape index (κ3) is 3.46. The fourth-order valence-corrected chi connectivity index (χ4v) is 3.33. The van der Waals surface area contributed by atoms with Crippen LogP contribution in [0.1, 0.15) is 22.0 Å². The van der Waals surface area contributed by atoms with Crippen LogP contribution in [-0.2, 0) is 6.42 Å². The Hall–Kier alpha value is -0.580. The fraction of sp³-hybridized carbons (Fsp3) is 0.231. The zero-order valence-corrected chi connectivity index (χ0v) is 12.2. The van der Waals surface area contributed by atoms with Crippen LogP contribution in [-0.4, -0.2) is 0 Å². The molecule has 1 heterocycles. The van der Waals surface area contributed by atoms with Crippen molar-refractivity contribution in [3.8, 4) is 0 Å². The van der Waals surface area contributed by atoms with E-state index in [0.717, 1.165) is 26.9 Å². The molecule has 1 unspecified atom stereocenters. The first-order chi connectivity index (χ1) is 8.58. The Morgan fingerprint density at radius 3 is 2.61 bits per heavy atom. The Balaban J connectivity index is 2.22. The van der Waals surface area contributed by atoms with E-state index in [1.165, 1.54) is 4.88 Å². The summed E-state index contributed by atoms with van der Waals surface area (Å²) in [6, 6.07) is 9.92. The van der Waals surface area contributed by atoms with Gasteiger partial charge in [0.2, 0.25) is 0 Å². The number of nitrogens with one attached hydrogen (secondary N) is 1. The van der Waals surface area contributed by atoms with E-state index in [1.54, 1.807) is 11.3 Å². The lowest BCUT2D eigenvalue weighted by atomic mass is 10.0. The number of hydrogen-bond donors (Lipinski definition) is 2. The topological polar surface area (TPSA) is 38.0 Å². The van der Waals surface area contributed by atoms with E-state index in [0.29, 0.717) is 0 Å². The molecule has 2 aromatic rings. The van der Waals surface area contributed by atoms with Crippen molar-refractivity contribution in [3.05, 3.63) is 55.7 Å². The van der Waals surface area contributed by atoms with E-state index in [9.17, 15) is 0 Å². The van der Waals surface area contributed by atoms with E-state index in [-0.39, 0.29) is 6.04 Å². The van der Waals surface area contributed by atoms with Gasteiger partial charge in [0.15, 0.2) is 0 Å². The van der Waals surface area contributed by atoms with Crippen LogP contribution in [0.2, 0.25) is 9.36 Å². The summed E-state index contributed by atoms with van der Waals surface area (Å²) in [5.41, 5.74) is 5.05. The maximum Gasteiger partial charge on any atom is 0.0931 e. The minimum atomic E-state index is 0.0390. The highest BCUT2D eigenvalue weighted by molar-refractivity contribution is 7.16. The van der Waals surface area contributed by atoms with Gasteiger partial charge in [-0.15, -0.1) is 11.3 Å². The molecule has 0 aliphatic rings. The van der Waals surface area contributed by atoms with Gasteiger partial charge in [-0.1, -0.05) is 29.3 Å². The van der Waals surface area contributed by atoms with Gasteiger partial charge in [-0.3, -0.25) is 11.3 Å². The Kier molecular flexibility index (Phi) is 4.65. The number of hydrogen-bond acceptors (Lipinski definition) is 3. The Morgan fingerprint density at radius 2 is 2.06 bits per heavy atom. The molecule has 0 radical (unpaired) electrons. The highest BCUT2D eigenvalue weighted by Gasteiger charge is 2.13. The van der Waals surface area contributed by atoms with Crippen molar-refractivity contribution < 1.29 is 0 Å². The van der Waals surface area contributed by atoms with Gasteiger partial charge >= 0.3 is 0 Å². The van der Waals surface area contributed by atoms with Gasteiger partial charge in [0.05, 0.1) is 10.4 Å². The average molecular weight is 301 g/mol. The first-order valence-electron chi connectivity index (χ1n) is 5.56. The zero-order valence-electron chi connectivity index (χ0n) is 9.91. The monoisotopic (exact) mass is 300 g/mol. The number of thiophene rings is 1. The molecule has 0 spiro atoms. The minimum Gasteiger partial charge on any atom is -0.271 e. The minimum absolute atomic E-state index is 0.0390. The van der Waals surface area contributed by atoms with Gasteiger partial charge in [0.1, 0.15) is 0 Å². The second-order valence-corrected chi connectivity index (χ2v) is 6.43. The molecular weight excluding hydrogens is 287 g/mol. The first-order valence-corrected chi connectivity index (χ1v) is 7.13. The van der Waals surface area contributed by atoms with Crippen LogP contribution in [0.15, 0.2) is 30.3 Å². The van der Waals surface area contributed by atoms with Crippen molar-refractivity contribution in [2.45, 2.75) is 19.4 Å². The summed E-state index contributed by atoms with van der Waals surface area (Å²) in [6.45, 7) is 2.02. The molecule has 0 bridgehead atoms. The van der Waals surface area contributed by atoms with Crippen LogP contribution >= 0.6 is 34.5 Å². The highest BCUT2D eigenvalue weighted by atomic mass is 35.5. The normalized spacial score (nSPS) is 12.7. The van der Waals surface area contributed by atoms with E-state index in [4.69, 9.17) is 29.0 Å². The lowest BCUT2D eigenvalue weighted by Gasteiger charge is -2.16. The van der Waals surface area contributed by atoms with Crippen LogP contribution in [0, 0.1) is 6.92 Å². The molecular formula is C13H14Cl2N2S. The molecule has 96 valence electrons. The molecule has 0 aliphatic heterocycles. The van der Waals surface area contributed by atoms with Crippen molar-refractivity contribution in [2.75, 3.05) is 0 Å². The third-order valence-corrected chi connectivity index (χ3v) is 4.17. The molecule has 2 rings (SSSR count). The first kappa shape index (κ1) is 13.8. The van der Waals surface area contributed by atoms with Gasteiger partial charge in [-0.2, -0.15) is 0 Å². The van der Waals surface area contributed by atoms with Crippen molar-refractivity contribution in [2.24, 2.45) is 5.84 Å². The van der Waals surface area contributed by atoms with Gasteiger partial charge in [0.25, 0.3) is 0 Å². The lowest BCUT2D eigenvalue weighted by molar-refractivity contribution is 0.555. The van der Waals surface area contributed by atoms with Crippen LogP contribution in [0.25, 0.3) is 0 Å². The summed E-state index contributed by atoms with van der Waals surface area (Å²) >= 11 is 13.6. The van der Waals surface area contributed by atoms with Crippen LogP contribution in [0.5, 0.6) is 0 Å². The summed E-state index contributed by atoms with van der Waals surface area (Å²) in [6.07, 6.45) is 0.799. The van der Waals surface area contributed by atoms with Crippen molar-refractivity contribution in [1.29, 1.82) is 0 Å². The molecule has 0 saturated heterocycles. The molecule has 1 aromatic heterocycles. The second-order valence-electron chi connectivity index (χ2n) is 4.19. The fourth-order valence-electron chi connectivity index (χ4n) is 1.90. The van der Waals surface area contributed by atoms with Gasteiger partial charge < -0.3 is 0 Å². The summed E-state index contributed by atoms with van der Waals surface area (Å²) in [5, 5.41) is 0.731. The molecule has 0 amide bonds. The standard InChI is InChI=1S/C13H14Cl2N2S/c1-8-4-9(6-10(14)5-8)12(17-16)7-11-2-3-13(15)18-11/h2-6,12,17H,7,16H2,1H3. The van der Waals surface area contributed by atoms with E-state index in [2.05, 4.69) is 11.5 Å². The average Bonchev–Trinajstić information content (AvgIpc) is 2.70. The molecule has 2 nitrogen and oxygen atoms in total. The smallest absolute Gasteiger partial charge is 0.0931 e. The third-order valence-electron chi connectivity index (χ3n) is 2.70. The Morgan fingerprint density at radius 1 is 1.28 bits per heavy atom. The van der Waals surface area contributed by atoms with Crippen molar-refractivity contribution in [1.82, 2.24) is 5.43 Å². The lowest BCUT2D eigenvalue weighted by Crippen LogP contribution is -2.29. The Labute approximate surface area is 121 Å².